The van der Waals surface area contributed by atoms with Crippen LogP contribution in [0.3, 0.4) is 0 Å². The third kappa shape index (κ3) is 19.9. The number of hydrogen-bond donors (Lipinski definition) is 0. The van der Waals surface area contributed by atoms with Gasteiger partial charge in [0, 0.05) is 12.4 Å². The molecular weight excluding hydrogens is 388 g/mol. The van der Waals surface area contributed by atoms with Crippen LogP contribution < -0.4 is 0 Å². The molecule has 3 atom stereocenters. The normalized spacial score (nSPS) is 22.0. The maximum atomic E-state index is 5.79. The average Bonchev–Trinajstić information content (AvgIpc) is 2.67. The summed E-state index contributed by atoms with van der Waals surface area (Å²) in [5.74, 6) is 2.43. The Balaban J connectivity index is -0.000000725. The Morgan fingerprint density at radius 2 is 1.28 bits per heavy atom. The van der Waals surface area contributed by atoms with Gasteiger partial charge in [-0.3, -0.25) is 0 Å². The molecule has 1 saturated heterocycles. The van der Waals surface area contributed by atoms with Crippen molar-refractivity contribution in [1.29, 1.82) is 0 Å². The summed E-state index contributed by atoms with van der Waals surface area (Å²) in [4.78, 5) is 0. The molecule has 0 N–H and O–H groups in total. The summed E-state index contributed by atoms with van der Waals surface area (Å²) in [6.45, 7) is 23.0. The first-order chi connectivity index (χ1) is 12.2. The van der Waals surface area contributed by atoms with E-state index in [9.17, 15) is 0 Å². The van der Waals surface area contributed by atoms with Gasteiger partial charge in [-0.05, 0) is 26.5 Å². The standard InChI is InChI=1S/C13H26O2S4.3C2H6/c1-5-14-7-11-17-12(8-15-10(3)4)19-13(18-11)9-16-6-2;3*1-2/h10-13H,5-9H2,1-4H3;3*1-2H3. The Morgan fingerprint density at radius 3 is 1.72 bits per heavy atom. The van der Waals surface area contributed by atoms with E-state index in [1.54, 1.807) is 0 Å². The summed E-state index contributed by atoms with van der Waals surface area (Å²) in [6, 6.07) is 0. The number of hydrogen-bond acceptors (Lipinski definition) is 6. The molecule has 6 heteroatoms. The van der Waals surface area contributed by atoms with Crippen molar-refractivity contribution < 1.29 is 9.47 Å². The van der Waals surface area contributed by atoms with Crippen LogP contribution in [0.5, 0.6) is 0 Å². The number of rotatable bonds is 9. The highest BCUT2D eigenvalue weighted by molar-refractivity contribution is 8.34. The molecule has 1 fully saturated rings. The summed E-state index contributed by atoms with van der Waals surface area (Å²) in [7, 11) is 0. The van der Waals surface area contributed by atoms with Crippen molar-refractivity contribution in [3.63, 3.8) is 0 Å². The predicted molar refractivity (Wildman–Crippen MR) is 129 cm³/mol. The van der Waals surface area contributed by atoms with E-state index >= 15 is 0 Å². The molecule has 25 heavy (non-hydrogen) atoms. The van der Waals surface area contributed by atoms with Gasteiger partial charge in [0.1, 0.15) is 0 Å². The van der Waals surface area contributed by atoms with Crippen molar-refractivity contribution >= 4 is 47.0 Å². The molecule has 0 bridgehead atoms. The van der Waals surface area contributed by atoms with Crippen LogP contribution in [0.15, 0.2) is 0 Å². The quantitative estimate of drug-likeness (QED) is 0.373. The Labute approximate surface area is 176 Å². The van der Waals surface area contributed by atoms with Crippen LogP contribution >= 0.6 is 47.0 Å². The number of ether oxygens (including phenoxy) is 2. The molecule has 0 amide bonds. The van der Waals surface area contributed by atoms with Crippen LogP contribution in [0.25, 0.3) is 0 Å². The molecule has 1 aliphatic heterocycles. The lowest BCUT2D eigenvalue weighted by Crippen LogP contribution is -2.26. The fourth-order valence-electron chi connectivity index (χ4n) is 1.54. The molecule has 1 heterocycles. The van der Waals surface area contributed by atoms with E-state index in [0.29, 0.717) is 19.8 Å². The second kappa shape index (κ2) is 25.3. The molecule has 0 aromatic heterocycles. The van der Waals surface area contributed by atoms with E-state index in [1.165, 1.54) is 11.5 Å². The molecule has 0 saturated carbocycles. The van der Waals surface area contributed by atoms with Crippen molar-refractivity contribution in [1.82, 2.24) is 0 Å². The van der Waals surface area contributed by atoms with Crippen molar-refractivity contribution in [3.8, 4) is 0 Å². The van der Waals surface area contributed by atoms with E-state index < -0.39 is 0 Å². The van der Waals surface area contributed by atoms with E-state index in [4.69, 9.17) is 9.47 Å². The smallest absolute Gasteiger partial charge is 0.0759 e. The van der Waals surface area contributed by atoms with Crippen molar-refractivity contribution in [3.05, 3.63) is 0 Å². The molecule has 3 unspecified atom stereocenters. The highest BCUT2D eigenvalue weighted by Gasteiger charge is 2.30. The second-order valence-electron chi connectivity index (χ2n) is 4.40. The van der Waals surface area contributed by atoms with E-state index in [-0.39, 0.29) is 0 Å². The monoisotopic (exact) mass is 432 g/mol. The van der Waals surface area contributed by atoms with Crippen LogP contribution in [-0.2, 0) is 9.47 Å². The fourth-order valence-corrected chi connectivity index (χ4v) is 8.67. The van der Waals surface area contributed by atoms with Gasteiger partial charge in [-0.1, -0.05) is 48.5 Å². The van der Waals surface area contributed by atoms with E-state index in [0.717, 1.165) is 19.8 Å². The third-order valence-electron chi connectivity index (χ3n) is 2.39. The third-order valence-corrected chi connectivity index (χ3v) is 8.49. The van der Waals surface area contributed by atoms with Crippen LogP contribution in [0.4, 0.5) is 0 Å². The van der Waals surface area contributed by atoms with E-state index in [1.807, 2.05) is 65.1 Å². The first-order valence-corrected chi connectivity index (χ1v) is 13.9. The highest BCUT2D eigenvalue weighted by Crippen LogP contribution is 2.48. The molecule has 0 aromatic carbocycles. The van der Waals surface area contributed by atoms with Crippen LogP contribution in [0, 0.1) is 0 Å². The summed E-state index contributed by atoms with van der Waals surface area (Å²) in [6.07, 6.45) is 0.324. The predicted octanol–water partition coefficient (Wildman–Crippen LogP) is 7.47. The molecule has 0 radical (unpaired) electrons. The van der Waals surface area contributed by atoms with Crippen molar-refractivity contribution in [2.24, 2.45) is 0 Å². The SMILES string of the molecule is CC.CC.CC.CCOCC1SC(COC(C)C)SC(CSCC)S1. The van der Waals surface area contributed by atoms with Gasteiger partial charge >= 0.3 is 0 Å². The number of thioether (sulfide) groups is 4. The minimum atomic E-state index is 0.324. The largest absolute Gasteiger partial charge is 0.380 e. The van der Waals surface area contributed by atoms with Gasteiger partial charge in [0.05, 0.1) is 33.1 Å². The maximum Gasteiger partial charge on any atom is 0.0759 e. The highest BCUT2D eigenvalue weighted by atomic mass is 32.3. The Morgan fingerprint density at radius 1 is 0.800 bits per heavy atom. The van der Waals surface area contributed by atoms with Gasteiger partial charge in [-0.25, -0.2) is 0 Å². The van der Waals surface area contributed by atoms with Crippen molar-refractivity contribution in [2.75, 3.05) is 31.3 Å². The van der Waals surface area contributed by atoms with Gasteiger partial charge in [0.2, 0.25) is 0 Å². The molecular formula is C19H44O2S4. The minimum Gasteiger partial charge on any atom is -0.380 e. The second-order valence-corrected chi connectivity index (χ2v) is 10.8. The Hall–Kier alpha value is 1.32. The van der Waals surface area contributed by atoms with Gasteiger partial charge in [-0.2, -0.15) is 11.8 Å². The first kappa shape index (κ1) is 31.0. The van der Waals surface area contributed by atoms with E-state index in [2.05, 4.69) is 51.2 Å². The first-order valence-electron chi connectivity index (χ1n) is 9.89. The topological polar surface area (TPSA) is 18.5 Å². The fraction of sp³-hybridized carbons (Fsp3) is 1.00. The lowest BCUT2D eigenvalue weighted by Gasteiger charge is -2.33. The zero-order valence-electron chi connectivity index (χ0n) is 18.3. The van der Waals surface area contributed by atoms with Gasteiger partial charge in [0.15, 0.2) is 0 Å². The summed E-state index contributed by atoms with van der Waals surface area (Å²) in [5, 5.41) is 0. The lowest BCUT2D eigenvalue weighted by atomic mass is 10.5. The lowest BCUT2D eigenvalue weighted by molar-refractivity contribution is 0.0886. The van der Waals surface area contributed by atoms with Gasteiger partial charge in [-0.15, -0.1) is 35.3 Å². The van der Waals surface area contributed by atoms with Gasteiger partial charge in [0.25, 0.3) is 0 Å². The van der Waals surface area contributed by atoms with Gasteiger partial charge < -0.3 is 9.47 Å². The summed E-state index contributed by atoms with van der Waals surface area (Å²) in [5.41, 5.74) is 0. The van der Waals surface area contributed by atoms with Crippen LogP contribution in [-0.4, -0.2) is 51.2 Å². The average molecular weight is 433 g/mol. The molecule has 2 nitrogen and oxygen atoms in total. The molecule has 156 valence electrons. The molecule has 0 spiro atoms. The Bertz CT molecular complexity index is 215. The zero-order valence-corrected chi connectivity index (χ0v) is 21.6. The van der Waals surface area contributed by atoms with Crippen LogP contribution in [0.1, 0.15) is 69.2 Å². The Kier molecular flexibility index (Phi) is 31.4. The van der Waals surface area contributed by atoms with Crippen molar-refractivity contribution in [2.45, 2.75) is 89.1 Å². The molecule has 0 aliphatic carbocycles. The molecule has 1 aliphatic rings. The molecule has 1 rings (SSSR count). The summed E-state index contributed by atoms with van der Waals surface area (Å²) >= 11 is 8.20. The summed E-state index contributed by atoms with van der Waals surface area (Å²) < 4.78 is 13.2. The minimum absolute atomic E-state index is 0.324. The maximum absolute atomic E-state index is 5.79. The van der Waals surface area contributed by atoms with Crippen LogP contribution in [0.2, 0.25) is 0 Å². The molecule has 0 aromatic rings. The zero-order chi connectivity index (χ0) is 20.1.